The van der Waals surface area contributed by atoms with E-state index >= 15 is 0 Å². The summed E-state index contributed by atoms with van der Waals surface area (Å²) >= 11 is 0. The average molecular weight is 100 g/mol. The molecule has 1 N–H and O–H groups in total. The maximum atomic E-state index is 8.43. The van der Waals surface area contributed by atoms with Crippen LogP contribution in [-0.2, 0) is 4.74 Å². The van der Waals surface area contributed by atoms with Gasteiger partial charge in [0.1, 0.15) is 0 Å². The molecule has 0 aliphatic carbocycles. The van der Waals surface area contributed by atoms with Crippen LogP contribution in [0.4, 0.5) is 0 Å². The van der Waals surface area contributed by atoms with E-state index in [0.717, 1.165) is 6.26 Å². The quantitative estimate of drug-likeness (QED) is 0.533. The van der Waals surface area contributed by atoms with Crippen LogP contribution in [0.15, 0.2) is 24.9 Å². The second-order valence-electron chi connectivity index (χ2n) is 0.911. The first-order valence-electron chi connectivity index (χ1n) is 1.94. The Bertz CT molecular complexity index is 84.1. The summed E-state index contributed by atoms with van der Waals surface area (Å²) in [4.78, 5) is 0. The van der Waals surface area contributed by atoms with E-state index in [2.05, 4.69) is 11.3 Å². The fraction of sp³-hybridized carbons (Fsp3) is 0.200. The molecule has 0 aromatic heterocycles. The highest BCUT2D eigenvalue weighted by atomic mass is 16.6. The van der Waals surface area contributed by atoms with Crippen LogP contribution in [0.2, 0.25) is 0 Å². The van der Waals surface area contributed by atoms with Crippen LogP contribution in [0.5, 0.6) is 0 Å². The lowest BCUT2D eigenvalue weighted by Crippen LogP contribution is -1.77. The van der Waals surface area contributed by atoms with Crippen LogP contribution >= 0.6 is 0 Å². The SMILES string of the molecule is C=CO/C(O)=C/C. The number of hydrogen-bond donors (Lipinski definition) is 1. The molecular formula is C5H8O2. The molecule has 2 heteroatoms. The minimum Gasteiger partial charge on any atom is -0.481 e. The van der Waals surface area contributed by atoms with Gasteiger partial charge in [-0.2, -0.15) is 0 Å². The molecule has 0 amide bonds. The van der Waals surface area contributed by atoms with Gasteiger partial charge in [0.05, 0.1) is 6.26 Å². The van der Waals surface area contributed by atoms with E-state index in [1.807, 2.05) is 0 Å². The Labute approximate surface area is 42.7 Å². The van der Waals surface area contributed by atoms with Crippen LogP contribution in [0.25, 0.3) is 0 Å². The van der Waals surface area contributed by atoms with Crippen molar-refractivity contribution < 1.29 is 9.84 Å². The standard InChI is InChI=1S/C5H8O2/c1-3-5(6)7-4-2/h3-4,6H,2H2,1H3/b5-3+. The van der Waals surface area contributed by atoms with Gasteiger partial charge in [0.15, 0.2) is 0 Å². The van der Waals surface area contributed by atoms with Gasteiger partial charge in [0.25, 0.3) is 5.95 Å². The Morgan fingerprint density at radius 2 is 2.43 bits per heavy atom. The Hall–Kier alpha value is -0.920. The van der Waals surface area contributed by atoms with Crippen LogP contribution in [-0.4, -0.2) is 5.11 Å². The number of aliphatic hydroxyl groups excluding tert-OH is 1. The van der Waals surface area contributed by atoms with E-state index in [1.54, 1.807) is 6.92 Å². The predicted octanol–water partition coefficient (Wildman–Crippen LogP) is 1.57. The third kappa shape index (κ3) is 2.89. The molecule has 0 aliphatic heterocycles. The van der Waals surface area contributed by atoms with Crippen molar-refractivity contribution in [1.82, 2.24) is 0 Å². The summed E-state index contributed by atoms with van der Waals surface area (Å²) in [6, 6.07) is 0. The normalized spacial score (nSPS) is 10.7. The molecule has 0 heterocycles. The Kier molecular flexibility index (Phi) is 2.85. The van der Waals surface area contributed by atoms with Crippen molar-refractivity contribution in [2.24, 2.45) is 0 Å². The van der Waals surface area contributed by atoms with Gasteiger partial charge in [-0.25, -0.2) is 0 Å². The molecule has 40 valence electrons. The van der Waals surface area contributed by atoms with Crippen molar-refractivity contribution in [2.75, 3.05) is 0 Å². The van der Waals surface area contributed by atoms with E-state index in [9.17, 15) is 0 Å². The van der Waals surface area contributed by atoms with Gasteiger partial charge in [-0.05, 0) is 13.0 Å². The number of ether oxygens (including phenoxy) is 1. The Morgan fingerprint density at radius 3 is 2.57 bits per heavy atom. The fourth-order valence-corrected chi connectivity index (χ4v) is 0.153. The van der Waals surface area contributed by atoms with Gasteiger partial charge in [-0.3, -0.25) is 0 Å². The fourth-order valence-electron chi connectivity index (χ4n) is 0.153. The van der Waals surface area contributed by atoms with Gasteiger partial charge >= 0.3 is 0 Å². The highest BCUT2D eigenvalue weighted by Crippen LogP contribution is 1.87. The van der Waals surface area contributed by atoms with Crippen LogP contribution in [0.3, 0.4) is 0 Å². The second-order valence-corrected chi connectivity index (χ2v) is 0.911. The zero-order valence-corrected chi connectivity index (χ0v) is 4.22. The number of hydrogen-bond acceptors (Lipinski definition) is 2. The van der Waals surface area contributed by atoms with Crippen LogP contribution in [0, 0.1) is 0 Å². The van der Waals surface area contributed by atoms with Crippen molar-refractivity contribution in [3.8, 4) is 0 Å². The van der Waals surface area contributed by atoms with Crippen molar-refractivity contribution in [2.45, 2.75) is 6.92 Å². The maximum Gasteiger partial charge on any atom is 0.277 e. The highest BCUT2D eigenvalue weighted by molar-refractivity contribution is 4.78. The largest absolute Gasteiger partial charge is 0.481 e. The van der Waals surface area contributed by atoms with Crippen molar-refractivity contribution >= 4 is 0 Å². The monoisotopic (exact) mass is 100 g/mol. The minimum atomic E-state index is -0.116. The van der Waals surface area contributed by atoms with E-state index in [4.69, 9.17) is 5.11 Å². The molecule has 0 aromatic rings. The molecule has 2 nitrogen and oxygen atoms in total. The first-order valence-corrected chi connectivity index (χ1v) is 1.94. The Balaban J connectivity index is 3.36. The third-order valence-electron chi connectivity index (χ3n) is 0.451. The lowest BCUT2D eigenvalue weighted by molar-refractivity contribution is 0.168. The lowest BCUT2D eigenvalue weighted by atomic mass is 10.7. The molecule has 0 saturated heterocycles. The number of aliphatic hydroxyl groups is 1. The maximum absolute atomic E-state index is 8.43. The van der Waals surface area contributed by atoms with E-state index in [-0.39, 0.29) is 5.95 Å². The number of rotatable bonds is 2. The molecule has 7 heavy (non-hydrogen) atoms. The first kappa shape index (κ1) is 6.08. The summed E-state index contributed by atoms with van der Waals surface area (Å²) in [5.41, 5.74) is 0. The third-order valence-corrected chi connectivity index (χ3v) is 0.451. The number of allylic oxidation sites excluding steroid dienone is 1. The molecule has 0 aliphatic rings. The molecule has 0 fully saturated rings. The summed E-state index contributed by atoms with van der Waals surface area (Å²) in [6.07, 6.45) is 2.59. The lowest BCUT2D eigenvalue weighted by Gasteiger charge is -1.91. The zero-order chi connectivity index (χ0) is 5.70. The molecule has 0 atom stereocenters. The van der Waals surface area contributed by atoms with Crippen molar-refractivity contribution in [3.63, 3.8) is 0 Å². The summed E-state index contributed by atoms with van der Waals surface area (Å²) < 4.78 is 4.37. The van der Waals surface area contributed by atoms with Gasteiger partial charge in [-0.15, -0.1) is 0 Å². The first-order chi connectivity index (χ1) is 3.31. The predicted molar refractivity (Wildman–Crippen MR) is 27.7 cm³/mol. The molecule has 0 unspecified atom stereocenters. The Morgan fingerprint density at radius 1 is 1.86 bits per heavy atom. The molecular weight excluding hydrogens is 92.1 g/mol. The summed E-state index contributed by atoms with van der Waals surface area (Å²) in [6.45, 7) is 4.89. The highest BCUT2D eigenvalue weighted by Gasteiger charge is 1.78. The average Bonchev–Trinajstić information content (AvgIpc) is 1.68. The van der Waals surface area contributed by atoms with E-state index < -0.39 is 0 Å². The van der Waals surface area contributed by atoms with Gasteiger partial charge in [-0.1, -0.05) is 6.58 Å². The van der Waals surface area contributed by atoms with Crippen molar-refractivity contribution in [3.05, 3.63) is 24.9 Å². The van der Waals surface area contributed by atoms with E-state index in [0.29, 0.717) is 0 Å². The van der Waals surface area contributed by atoms with Gasteiger partial charge < -0.3 is 9.84 Å². The molecule has 0 rings (SSSR count). The molecule has 0 radical (unpaired) electrons. The summed E-state index contributed by atoms with van der Waals surface area (Å²) in [5.74, 6) is -0.116. The van der Waals surface area contributed by atoms with Crippen LogP contribution in [0.1, 0.15) is 6.92 Å². The van der Waals surface area contributed by atoms with Gasteiger partial charge in [0, 0.05) is 0 Å². The minimum absolute atomic E-state index is 0.116. The smallest absolute Gasteiger partial charge is 0.277 e. The van der Waals surface area contributed by atoms with E-state index in [1.165, 1.54) is 6.08 Å². The molecule has 0 bridgehead atoms. The topological polar surface area (TPSA) is 29.5 Å². The van der Waals surface area contributed by atoms with Crippen molar-refractivity contribution in [1.29, 1.82) is 0 Å². The summed E-state index contributed by atoms with van der Waals surface area (Å²) in [5, 5.41) is 8.43. The zero-order valence-electron chi connectivity index (χ0n) is 4.22. The van der Waals surface area contributed by atoms with Gasteiger partial charge in [0.2, 0.25) is 0 Å². The second kappa shape index (κ2) is 3.28. The molecule has 0 saturated carbocycles. The molecule has 0 aromatic carbocycles. The van der Waals surface area contributed by atoms with Crippen LogP contribution < -0.4 is 0 Å². The summed E-state index contributed by atoms with van der Waals surface area (Å²) in [7, 11) is 0. The molecule has 0 spiro atoms.